The van der Waals surface area contributed by atoms with E-state index in [1.54, 1.807) is 42.5 Å². The average Bonchev–Trinajstić information content (AvgIpc) is 3.07. The molecular weight excluding hydrogens is 414 g/mol. The van der Waals surface area contributed by atoms with Crippen LogP contribution in [0.2, 0.25) is 0 Å². The lowest BCUT2D eigenvalue weighted by Crippen LogP contribution is -2.32. The number of hydrogen-bond donors (Lipinski definition) is 1. The first kappa shape index (κ1) is 21.7. The highest BCUT2D eigenvalue weighted by atomic mass is 16.6. The van der Waals surface area contributed by atoms with E-state index < -0.39 is 17.7 Å². The maximum absolute atomic E-state index is 13.0. The van der Waals surface area contributed by atoms with Gasteiger partial charge in [0.2, 0.25) is 0 Å². The molecule has 0 saturated carbocycles. The van der Waals surface area contributed by atoms with Gasteiger partial charge in [0.1, 0.15) is 24.7 Å². The number of aliphatic hydroxyl groups excluding tert-OH is 1. The van der Waals surface area contributed by atoms with E-state index in [4.69, 9.17) is 18.9 Å². The van der Waals surface area contributed by atoms with Gasteiger partial charge >= 0.3 is 0 Å². The van der Waals surface area contributed by atoms with Crippen LogP contribution in [-0.4, -0.2) is 61.8 Å². The third-order valence-corrected chi connectivity index (χ3v) is 5.40. The number of benzene rings is 2. The van der Waals surface area contributed by atoms with Gasteiger partial charge in [0.25, 0.3) is 11.7 Å². The molecule has 1 unspecified atom stereocenters. The van der Waals surface area contributed by atoms with Gasteiger partial charge in [-0.2, -0.15) is 0 Å². The summed E-state index contributed by atoms with van der Waals surface area (Å²) in [6.45, 7) is 3.71. The van der Waals surface area contributed by atoms with Crippen molar-refractivity contribution in [1.29, 1.82) is 0 Å². The van der Waals surface area contributed by atoms with E-state index >= 15 is 0 Å². The van der Waals surface area contributed by atoms with Crippen molar-refractivity contribution in [3.05, 3.63) is 59.2 Å². The second-order valence-electron chi connectivity index (χ2n) is 7.35. The summed E-state index contributed by atoms with van der Waals surface area (Å²) >= 11 is 0. The highest BCUT2D eigenvalue weighted by molar-refractivity contribution is 6.46. The molecular formula is C24H25NO7. The van der Waals surface area contributed by atoms with Crippen LogP contribution in [0.3, 0.4) is 0 Å². The number of fused-ring (bicyclic) bond motifs is 1. The second kappa shape index (κ2) is 9.32. The zero-order valence-corrected chi connectivity index (χ0v) is 18.0. The summed E-state index contributed by atoms with van der Waals surface area (Å²) in [7, 11) is 1.53. The van der Waals surface area contributed by atoms with Crippen LogP contribution in [0.5, 0.6) is 17.2 Å². The van der Waals surface area contributed by atoms with Crippen LogP contribution in [0.1, 0.15) is 24.1 Å². The van der Waals surface area contributed by atoms with E-state index in [0.717, 1.165) is 0 Å². The van der Waals surface area contributed by atoms with Crippen molar-refractivity contribution >= 4 is 17.4 Å². The van der Waals surface area contributed by atoms with Crippen molar-refractivity contribution in [2.45, 2.75) is 13.0 Å². The Labute approximate surface area is 185 Å². The van der Waals surface area contributed by atoms with Gasteiger partial charge in [-0.05, 0) is 42.8 Å². The van der Waals surface area contributed by atoms with Crippen molar-refractivity contribution < 1.29 is 33.6 Å². The largest absolute Gasteiger partial charge is 0.507 e. The third-order valence-electron chi connectivity index (χ3n) is 5.40. The maximum atomic E-state index is 13.0. The van der Waals surface area contributed by atoms with Crippen LogP contribution in [0.4, 0.5) is 0 Å². The van der Waals surface area contributed by atoms with Gasteiger partial charge in [-0.25, -0.2) is 0 Å². The standard InChI is InChI=1S/C24H25NO7/c1-3-30-17-7-4-15(5-8-17)21-20(23(27)24(28)25(21)10-11-29-2)22(26)16-6-9-18-19(14-16)32-13-12-31-18/h4-9,14,21,26H,3,10-13H2,1-2H3/b22-20+. The minimum atomic E-state index is -0.756. The zero-order valence-electron chi connectivity index (χ0n) is 18.0. The number of hydrogen-bond acceptors (Lipinski definition) is 7. The molecule has 1 N–H and O–H groups in total. The number of rotatable bonds is 7. The number of likely N-dealkylation sites (tertiary alicyclic amines) is 1. The molecule has 2 aromatic rings. The van der Waals surface area contributed by atoms with E-state index in [1.807, 2.05) is 6.92 Å². The fourth-order valence-electron chi connectivity index (χ4n) is 3.91. The van der Waals surface area contributed by atoms with E-state index in [-0.39, 0.29) is 24.5 Å². The van der Waals surface area contributed by atoms with Gasteiger partial charge in [0, 0.05) is 19.2 Å². The van der Waals surface area contributed by atoms with E-state index in [2.05, 4.69) is 0 Å². The Morgan fingerprint density at radius 2 is 1.81 bits per heavy atom. The lowest BCUT2D eigenvalue weighted by atomic mass is 9.95. The molecule has 8 nitrogen and oxygen atoms in total. The Morgan fingerprint density at radius 3 is 2.50 bits per heavy atom. The normalized spacial score (nSPS) is 19.3. The first-order chi connectivity index (χ1) is 15.5. The lowest BCUT2D eigenvalue weighted by Gasteiger charge is -2.25. The van der Waals surface area contributed by atoms with Gasteiger partial charge < -0.3 is 29.0 Å². The average molecular weight is 439 g/mol. The summed E-state index contributed by atoms with van der Waals surface area (Å²) in [5.74, 6) is 0.0337. The number of aliphatic hydroxyl groups is 1. The fourth-order valence-corrected chi connectivity index (χ4v) is 3.91. The van der Waals surface area contributed by atoms with E-state index in [9.17, 15) is 14.7 Å². The monoisotopic (exact) mass is 439 g/mol. The first-order valence-corrected chi connectivity index (χ1v) is 10.4. The number of nitrogens with zero attached hydrogens (tertiary/aromatic N) is 1. The lowest BCUT2D eigenvalue weighted by molar-refractivity contribution is -0.140. The third kappa shape index (κ3) is 4.01. The van der Waals surface area contributed by atoms with Crippen molar-refractivity contribution in [3.8, 4) is 17.2 Å². The zero-order chi connectivity index (χ0) is 22.7. The van der Waals surface area contributed by atoms with Crippen molar-refractivity contribution in [1.82, 2.24) is 4.90 Å². The number of Topliss-reactive ketones (excluding diaryl/α,β-unsaturated/α-hetero) is 1. The molecule has 0 aromatic heterocycles. The number of methoxy groups -OCH3 is 1. The van der Waals surface area contributed by atoms with E-state index in [0.29, 0.717) is 48.2 Å². The summed E-state index contributed by atoms with van der Waals surface area (Å²) in [5, 5.41) is 11.2. The molecule has 2 aliphatic heterocycles. The van der Waals surface area contributed by atoms with Crippen molar-refractivity contribution in [2.75, 3.05) is 40.1 Å². The summed E-state index contributed by atoms with van der Waals surface area (Å²) in [5.41, 5.74) is 1.07. The SMILES string of the molecule is CCOc1ccc(C2/C(=C(\O)c3ccc4c(c3)OCCO4)C(=O)C(=O)N2CCOC)cc1. The molecule has 1 amide bonds. The molecule has 0 bridgehead atoms. The van der Waals surface area contributed by atoms with Crippen LogP contribution in [0.25, 0.3) is 5.76 Å². The molecule has 32 heavy (non-hydrogen) atoms. The molecule has 0 spiro atoms. The van der Waals surface area contributed by atoms with Gasteiger partial charge in [-0.3, -0.25) is 9.59 Å². The highest BCUT2D eigenvalue weighted by Gasteiger charge is 2.46. The summed E-state index contributed by atoms with van der Waals surface area (Å²) in [6.07, 6.45) is 0. The molecule has 8 heteroatoms. The first-order valence-electron chi connectivity index (χ1n) is 10.4. The number of amides is 1. The van der Waals surface area contributed by atoms with Gasteiger partial charge in [-0.15, -0.1) is 0 Å². The van der Waals surface area contributed by atoms with Gasteiger partial charge in [-0.1, -0.05) is 12.1 Å². The maximum Gasteiger partial charge on any atom is 0.295 e. The molecule has 4 rings (SSSR count). The quantitative estimate of drug-likeness (QED) is 0.403. The molecule has 1 atom stereocenters. The summed E-state index contributed by atoms with van der Waals surface area (Å²) in [6, 6.07) is 11.3. The second-order valence-corrected chi connectivity index (χ2v) is 7.35. The van der Waals surface area contributed by atoms with Crippen LogP contribution in [0, 0.1) is 0 Å². The van der Waals surface area contributed by atoms with E-state index in [1.165, 1.54) is 12.0 Å². The molecule has 0 aliphatic carbocycles. The Kier molecular flexibility index (Phi) is 6.32. The number of carbonyl (C=O) groups excluding carboxylic acids is 2. The predicted molar refractivity (Wildman–Crippen MR) is 116 cm³/mol. The number of carbonyl (C=O) groups is 2. The van der Waals surface area contributed by atoms with Crippen molar-refractivity contribution in [3.63, 3.8) is 0 Å². The van der Waals surface area contributed by atoms with Crippen LogP contribution in [0.15, 0.2) is 48.0 Å². The molecule has 0 radical (unpaired) electrons. The van der Waals surface area contributed by atoms with Gasteiger partial charge in [0.15, 0.2) is 11.5 Å². The molecule has 2 heterocycles. The number of ether oxygens (including phenoxy) is 4. The molecule has 1 saturated heterocycles. The summed E-state index contributed by atoms with van der Waals surface area (Å²) < 4.78 is 21.8. The smallest absolute Gasteiger partial charge is 0.295 e. The summed E-state index contributed by atoms with van der Waals surface area (Å²) in [4.78, 5) is 27.3. The number of ketones is 1. The molecule has 168 valence electrons. The minimum Gasteiger partial charge on any atom is -0.507 e. The Bertz CT molecular complexity index is 1040. The Hall–Kier alpha value is -3.52. The van der Waals surface area contributed by atoms with Crippen LogP contribution in [-0.2, 0) is 14.3 Å². The van der Waals surface area contributed by atoms with Gasteiger partial charge in [0.05, 0.1) is 24.8 Å². The van der Waals surface area contributed by atoms with Crippen molar-refractivity contribution in [2.24, 2.45) is 0 Å². The molecule has 1 fully saturated rings. The Morgan fingerprint density at radius 1 is 1.09 bits per heavy atom. The topological polar surface area (TPSA) is 94.5 Å². The highest BCUT2D eigenvalue weighted by Crippen LogP contribution is 2.41. The fraction of sp³-hybridized carbons (Fsp3) is 0.333. The predicted octanol–water partition coefficient (Wildman–Crippen LogP) is 2.92. The Balaban J connectivity index is 1.79. The molecule has 2 aromatic carbocycles. The van der Waals surface area contributed by atoms with Crippen LogP contribution >= 0.6 is 0 Å². The minimum absolute atomic E-state index is 0.0203. The molecule has 2 aliphatic rings. The van der Waals surface area contributed by atoms with Crippen LogP contribution < -0.4 is 14.2 Å².